The molecule has 0 aliphatic heterocycles. The van der Waals surface area contributed by atoms with Crippen molar-refractivity contribution in [3.8, 4) is 0 Å². The summed E-state index contributed by atoms with van der Waals surface area (Å²) in [6, 6.07) is 16.4. The minimum Gasteiger partial charge on any atom is -0.322 e. The molecule has 3 aromatic carbocycles. The first-order chi connectivity index (χ1) is 13.7. The van der Waals surface area contributed by atoms with Crippen LogP contribution in [0.2, 0.25) is 5.02 Å². The van der Waals surface area contributed by atoms with Crippen molar-refractivity contribution in [1.29, 1.82) is 0 Å². The molecule has 0 bridgehead atoms. The van der Waals surface area contributed by atoms with Gasteiger partial charge in [-0.3, -0.25) is 9.52 Å². The maximum atomic E-state index is 12.7. The Kier molecular flexibility index (Phi) is 6.31. The molecule has 0 atom stereocenters. The highest BCUT2D eigenvalue weighted by molar-refractivity contribution is 9.10. The van der Waals surface area contributed by atoms with E-state index in [2.05, 4.69) is 26.0 Å². The van der Waals surface area contributed by atoms with Gasteiger partial charge in [-0.2, -0.15) is 0 Å². The van der Waals surface area contributed by atoms with Crippen LogP contribution in [0, 0.1) is 13.8 Å². The van der Waals surface area contributed by atoms with Crippen molar-refractivity contribution >= 4 is 54.8 Å². The molecule has 0 saturated heterocycles. The first kappa shape index (κ1) is 21.4. The second-order valence-corrected chi connectivity index (χ2v) is 9.48. The molecule has 0 spiro atoms. The quantitative estimate of drug-likeness (QED) is 0.473. The average molecular weight is 494 g/mol. The molecule has 0 radical (unpaired) electrons. The van der Waals surface area contributed by atoms with E-state index in [4.69, 9.17) is 11.6 Å². The van der Waals surface area contributed by atoms with Crippen LogP contribution >= 0.6 is 27.5 Å². The van der Waals surface area contributed by atoms with E-state index < -0.39 is 10.0 Å². The minimum absolute atomic E-state index is 0.154. The summed E-state index contributed by atoms with van der Waals surface area (Å²) >= 11 is 9.35. The zero-order valence-electron chi connectivity index (χ0n) is 15.7. The summed E-state index contributed by atoms with van der Waals surface area (Å²) in [6.07, 6.45) is 0. The standard InChI is InChI=1S/C21H18BrClN2O3S/c1-13-3-8-17(9-4-13)29(27,28)25-20-11-15(6-5-14(20)2)21(26)24-16-7-10-18(22)19(23)12-16/h3-12,25H,1-2H3,(H,24,26). The number of aryl methyl sites for hydroxylation is 2. The van der Waals surface area contributed by atoms with E-state index in [1.807, 2.05) is 6.92 Å². The van der Waals surface area contributed by atoms with Crippen LogP contribution in [0.3, 0.4) is 0 Å². The second-order valence-electron chi connectivity index (χ2n) is 6.53. The molecule has 0 fully saturated rings. The van der Waals surface area contributed by atoms with Gasteiger partial charge in [-0.25, -0.2) is 8.42 Å². The van der Waals surface area contributed by atoms with Crippen LogP contribution in [-0.4, -0.2) is 14.3 Å². The lowest BCUT2D eigenvalue weighted by atomic mass is 10.1. The maximum absolute atomic E-state index is 12.7. The van der Waals surface area contributed by atoms with Gasteiger partial charge in [-0.05, 0) is 77.8 Å². The smallest absolute Gasteiger partial charge is 0.261 e. The van der Waals surface area contributed by atoms with Gasteiger partial charge in [-0.15, -0.1) is 0 Å². The molecule has 8 heteroatoms. The molecule has 29 heavy (non-hydrogen) atoms. The first-order valence-corrected chi connectivity index (χ1v) is 11.3. The topological polar surface area (TPSA) is 75.3 Å². The highest BCUT2D eigenvalue weighted by atomic mass is 79.9. The Morgan fingerprint density at radius 2 is 1.66 bits per heavy atom. The zero-order valence-corrected chi connectivity index (χ0v) is 18.8. The largest absolute Gasteiger partial charge is 0.322 e. The third-order valence-corrected chi connectivity index (χ3v) is 6.87. The first-order valence-electron chi connectivity index (χ1n) is 8.62. The molecular formula is C21H18BrClN2O3S. The van der Waals surface area contributed by atoms with Crippen LogP contribution in [-0.2, 0) is 10.0 Å². The summed E-state index contributed by atoms with van der Waals surface area (Å²) in [5, 5.41) is 3.22. The molecule has 0 unspecified atom stereocenters. The summed E-state index contributed by atoms with van der Waals surface area (Å²) < 4.78 is 28.6. The van der Waals surface area contributed by atoms with Crippen molar-refractivity contribution < 1.29 is 13.2 Å². The summed E-state index contributed by atoms with van der Waals surface area (Å²) in [7, 11) is -3.77. The molecule has 0 aliphatic rings. The van der Waals surface area contributed by atoms with Gasteiger partial charge in [0.2, 0.25) is 0 Å². The number of carbonyl (C=O) groups excluding carboxylic acids is 1. The number of amides is 1. The van der Waals surface area contributed by atoms with Crippen molar-refractivity contribution in [3.05, 3.63) is 86.8 Å². The predicted molar refractivity (Wildman–Crippen MR) is 120 cm³/mol. The van der Waals surface area contributed by atoms with E-state index >= 15 is 0 Å². The van der Waals surface area contributed by atoms with E-state index in [-0.39, 0.29) is 10.8 Å². The zero-order chi connectivity index (χ0) is 21.2. The molecule has 1 amide bonds. The van der Waals surface area contributed by atoms with E-state index in [1.54, 1.807) is 61.5 Å². The Labute approximate surface area is 183 Å². The molecule has 5 nitrogen and oxygen atoms in total. The number of hydrogen-bond acceptors (Lipinski definition) is 3. The fourth-order valence-electron chi connectivity index (χ4n) is 2.57. The number of sulfonamides is 1. The number of hydrogen-bond donors (Lipinski definition) is 2. The summed E-state index contributed by atoms with van der Waals surface area (Å²) in [4.78, 5) is 12.8. The average Bonchev–Trinajstić information content (AvgIpc) is 2.66. The Bertz CT molecular complexity index is 1180. The lowest BCUT2D eigenvalue weighted by molar-refractivity contribution is 0.102. The van der Waals surface area contributed by atoms with E-state index in [0.29, 0.717) is 27.5 Å². The molecule has 3 aromatic rings. The Morgan fingerprint density at radius 3 is 2.31 bits per heavy atom. The molecular weight excluding hydrogens is 476 g/mol. The molecule has 0 heterocycles. The maximum Gasteiger partial charge on any atom is 0.261 e. The van der Waals surface area contributed by atoms with Gasteiger partial charge >= 0.3 is 0 Å². The van der Waals surface area contributed by atoms with E-state index in [0.717, 1.165) is 10.0 Å². The van der Waals surface area contributed by atoms with Gasteiger partial charge < -0.3 is 5.32 Å². The molecule has 0 aromatic heterocycles. The Hall–Kier alpha value is -2.35. The number of rotatable bonds is 5. The van der Waals surface area contributed by atoms with E-state index in [9.17, 15) is 13.2 Å². The molecule has 0 saturated carbocycles. The van der Waals surface area contributed by atoms with Gasteiger partial charge in [0, 0.05) is 15.7 Å². The van der Waals surface area contributed by atoms with E-state index in [1.165, 1.54) is 6.07 Å². The number of nitrogens with one attached hydrogen (secondary N) is 2. The number of halogens is 2. The molecule has 3 rings (SSSR count). The van der Waals surface area contributed by atoms with Crippen LogP contribution in [0.5, 0.6) is 0 Å². The SMILES string of the molecule is Cc1ccc(S(=O)(=O)Nc2cc(C(=O)Nc3ccc(Br)c(Cl)c3)ccc2C)cc1. The molecule has 150 valence electrons. The fourth-order valence-corrected chi connectivity index (χ4v) is 4.12. The lowest BCUT2D eigenvalue weighted by Gasteiger charge is -2.13. The molecule has 0 aliphatic carbocycles. The third kappa shape index (κ3) is 5.18. The van der Waals surface area contributed by atoms with Gasteiger partial charge in [0.25, 0.3) is 15.9 Å². The fraction of sp³-hybridized carbons (Fsp3) is 0.0952. The van der Waals surface area contributed by atoms with Crippen molar-refractivity contribution in [2.75, 3.05) is 10.0 Å². The van der Waals surface area contributed by atoms with Crippen LogP contribution in [0.1, 0.15) is 21.5 Å². The second kappa shape index (κ2) is 8.57. The van der Waals surface area contributed by atoms with Gasteiger partial charge in [-0.1, -0.05) is 35.4 Å². The van der Waals surface area contributed by atoms with Gasteiger partial charge in [0.05, 0.1) is 15.6 Å². The van der Waals surface area contributed by atoms with Crippen molar-refractivity contribution in [1.82, 2.24) is 0 Å². The Morgan fingerprint density at radius 1 is 0.966 bits per heavy atom. The third-order valence-electron chi connectivity index (χ3n) is 4.25. The van der Waals surface area contributed by atoms with Crippen molar-refractivity contribution in [2.24, 2.45) is 0 Å². The summed E-state index contributed by atoms with van der Waals surface area (Å²) in [5.74, 6) is -0.376. The van der Waals surface area contributed by atoms with Crippen LogP contribution in [0.25, 0.3) is 0 Å². The monoisotopic (exact) mass is 492 g/mol. The summed E-state index contributed by atoms with van der Waals surface area (Å²) in [6.45, 7) is 3.65. The highest BCUT2D eigenvalue weighted by Crippen LogP contribution is 2.26. The lowest BCUT2D eigenvalue weighted by Crippen LogP contribution is -2.16. The number of carbonyl (C=O) groups is 1. The van der Waals surface area contributed by atoms with Crippen LogP contribution in [0.15, 0.2) is 70.0 Å². The summed E-state index contributed by atoms with van der Waals surface area (Å²) in [5.41, 5.74) is 2.85. The van der Waals surface area contributed by atoms with Crippen molar-refractivity contribution in [3.63, 3.8) is 0 Å². The van der Waals surface area contributed by atoms with Crippen LogP contribution < -0.4 is 10.0 Å². The van der Waals surface area contributed by atoms with Gasteiger partial charge in [0.15, 0.2) is 0 Å². The number of anilines is 2. The highest BCUT2D eigenvalue weighted by Gasteiger charge is 2.17. The van der Waals surface area contributed by atoms with Crippen molar-refractivity contribution in [2.45, 2.75) is 18.7 Å². The Balaban J connectivity index is 1.84. The van der Waals surface area contributed by atoms with Crippen LogP contribution in [0.4, 0.5) is 11.4 Å². The van der Waals surface area contributed by atoms with Gasteiger partial charge in [0.1, 0.15) is 0 Å². The predicted octanol–water partition coefficient (Wildman–Crippen LogP) is 5.77. The minimum atomic E-state index is -3.77. The number of benzene rings is 3. The normalized spacial score (nSPS) is 11.2. The molecule has 2 N–H and O–H groups in total.